The standard InChI is InChI=1S/C19H22N4O3/c24-18(23-9-5-19(6-10-23)25-11-12-26-19)17-2-1-16(14-22-17)21-13-15-3-7-20-8-4-15/h1-4,7-8,14,21H,5-6,9-13H2. The Balaban J connectivity index is 1.32. The molecule has 2 saturated heterocycles. The van der Waals surface area contributed by atoms with E-state index in [0.717, 1.165) is 11.3 Å². The van der Waals surface area contributed by atoms with Crippen molar-refractivity contribution in [3.8, 4) is 0 Å². The Morgan fingerprint density at radius 3 is 2.50 bits per heavy atom. The van der Waals surface area contributed by atoms with Gasteiger partial charge in [0.05, 0.1) is 25.1 Å². The molecule has 0 atom stereocenters. The van der Waals surface area contributed by atoms with Gasteiger partial charge in [0.25, 0.3) is 5.91 Å². The SMILES string of the molecule is O=C(c1ccc(NCc2ccncc2)cn1)N1CCC2(CC1)OCCO2. The highest BCUT2D eigenvalue weighted by molar-refractivity contribution is 5.92. The van der Waals surface area contributed by atoms with Crippen molar-refractivity contribution in [1.82, 2.24) is 14.9 Å². The number of carbonyl (C=O) groups excluding carboxylic acids is 1. The van der Waals surface area contributed by atoms with Crippen molar-refractivity contribution in [2.24, 2.45) is 0 Å². The fourth-order valence-electron chi connectivity index (χ4n) is 3.33. The molecule has 0 aromatic carbocycles. The van der Waals surface area contributed by atoms with Gasteiger partial charge in [0.15, 0.2) is 5.79 Å². The van der Waals surface area contributed by atoms with Gasteiger partial charge in [-0.2, -0.15) is 0 Å². The van der Waals surface area contributed by atoms with Gasteiger partial charge in [-0.1, -0.05) is 0 Å². The number of carbonyl (C=O) groups is 1. The molecule has 0 radical (unpaired) electrons. The maximum atomic E-state index is 12.6. The molecule has 7 heteroatoms. The van der Waals surface area contributed by atoms with E-state index in [0.29, 0.717) is 51.4 Å². The molecule has 2 aliphatic heterocycles. The Bertz CT molecular complexity index is 735. The summed E-state index contributed by atoms with van der Waals surface area (Å²) in [5, 5.41) is 3.29. The third kappa shape index (κ3) is 3.68. The smallest absolute Gasteiger partial charge is 0.272 e. The number of anilines is 1. The lowest BCUT2D eigenvalue weighted by Crippen LogP contribution is -2.47. The Morgan fingerprint density at radius 2 is 1.85 bits per heavy atom. The second-order valence-electron chi connectivity index (χ2n) is 6.54. The normalized spacial score (nSPS) is 18.8. The minimum atomic E-state index is -0.467. The van der Waals surface area contributed by atoms with E-state index in [4.69, 9.17) is 9.47 Å². The summed E-state index contributed by atoms with van der Waals surface area (Å²) in [5.41, 5.74) is 2.48. The highest BCUT2D eigenvalue weighted by atomic mass is 16.7. The molecular formula is C19H22N4O3. The summed E-state index contributed by atoms with van der Waals surface area (Å²) in [6, 6.07) is 7.57. The van der Waals surface area contributed by atoms with Crippen LogP contribution in [0.5, 0.6) is 0 Å². The number of pyridine rings is 2. The summed E-state index contributed by atoms with van der Waals surface area (Å²) in [6.45, 7) is 3.23. The number of amides is 1. The van der Waals surface area contributed by atoms with Crippen LogP contribution in [0, 0.1) is 0 Å². The molecule has 0 aliphatic carbocycles. The molecule has 1 spiro atoms. The van der Waals surface area contributed by atoms with Crippen molar-refractivity contribution in [2.45, 2.75) is 25.2 Å². The molecule has 0 bridgehead atoms. The molecule has 1 amide bonds. The topological polar surface area (TPSA) is 76.6 Å². The fraction of sp³-hybridized carbons (Fsp3) is 0.421. The van der Waals surface area contributed by atoms with E-state index in [1.165, 1.54) is 0 Å². The van der Waals surface area contributed by atoms with E-state index in [1.807, 2.05) is 23.1 Å². The zero-order valence-electron chi connectivity index (χ0n) is 14.6. The van der Waals surface area contributed by atoms with Crippen LogP contribution < -0.4 is 5.32 Å². The van der Waals surface area contributed by atoms with E-state index in [2.05, 4.69) is 15.3 Å². The van der Waals surface area contributed by atoms with Crippen LogP contribution in [-0.4, -0.2) is 52.9 Å². The van der Waals surface area contributed by atoms with Crippen molar-refractivity contribution in [1.29, 1.82) is 0 Å². The van der Waals surface area contributed by atoms with Crippen LogP contribution in [-0.2, 0) is 16.0 Å². The molecule has 2 fully saturated rings. The van der Waals surface area contributed by atoms with Gasteiger partial charge in [0.1, 0.15) is 5.69 Å². The average molecular weight is 354 g/mol. The van der Waals surface area contributed by atoms with E-state index < -0.39 is 5.79 Å². The molecule has 0 saturated carbocycles. The Hall–Kier alpha value is -2.51. The summed E-state index contributed by atoms with van der Waals surface area (Å²) >= 11 is 0. The lowest BCUT2D eigenvalue weighted by atomic mass is 10.0. The summed E-state index contributed by atoms with van der Waals surface area (Å²) in [7, 11) is 0. The molecular weight excluding hydrogens is 332 g/mol. The molecule has 1 N–H and O–H groups in total. The minimum absolute atomic E-state index is 0.0430. The van der Waals surface area contributed by atoms with Crippen molar-refractivity contribution < 1.29 is 14.3 Å². The molecule has 2 aliphatic rings. The van der Waals surface area contributed by atoms with Gasteiger partial charge in [-0.25, -0.2) is 4.98 Å². The molecule has 2 aromatic heterocycles. The molecule has 136 valence electrons. The van der Waals surface area contributed by atoms with E-state index >= 15 is 0 Å². The van der Waals surface area contributed by atoms with Gasteiger partial charge >= 0.3 is 0 Å². The number of piperidine rings is 1. The molecule has 7 nitrogen and oxygen atoms in total. The van der Waals surface area contributed by atoms with Crippen LogP contribution in [0.15, 0.2) is 42.9 Å². The number of nitrogens with one attached hydrogen (secondary N) is 1. The fourth-order valence-corrected chi connectivity index (χ4v) is 3.33. The summed E-state index contributed by atoms with van der Waals surface area (Å²) in [4.78, 5) is 22.8. The van der Waals surface area contributed by atoms with Gasteiger partial charge < -0.3 is 19.7 Å². The van der Waals surface area contributed by atoms with Gasteiger partial charge in [-0.3, -0.25) is 9.78 Å². The van der Waals surface area contributed by atoms with Crippen molar-refractivity contribution >= 4 is 11.6 Å². The first-order valence-electron chi connectivity index (χ1n) is 8.90. The predicted molar refractivity (Wildman–Crippen MR) is 95.6 cm³/mol. The van der Waals surface area contributed by atoms with Crippen LogP contribution in [0.25, 0.3) is 0 Å². The maximum absolute atomic E-state index is 12.6. The van der Waals surface area contributed by atoms with Crippen LogP contribution in [0.4, 0.5) is 5.69 Å². The number of hydrogen-bond acceptors (Lipinski definition) is 6. The molecule has 4 rings (SSSR count). The van der Waals surface area contributed by atoms with Crippen molar-refractivity contribution in [3.05, 3.63) is 54.1 Å². The summed E-state index contributed by atoms with van der Waals surface area (Å²) < 4.78 is 11.4. The summed E-state index contributed by atoms with van der Waals surface area (Å²) in [5.74, 6) is -0.510. The first kappa shape index (κ1) is 16.9. The van der Waals surface area contributed by atoms with Gasteiger partial charge in [0.2, 0.25) is 0 Å². The Kier molecular flexibility index (Phi) is 4.81. The third-order valence-electron chi connectivity index (χ3n) is 4.85. The van der Waals surface area contributed by atoms with E-state index in [1.54, 1.807) is 24.7 Å². The summed E-state index contributed by atoms with van der Waals surface area (Å²) in [6.07, 6.45) is 6.65. The predicted octanol–water partition coefficient (Wildman–Crippen LogP) is 2.07. The first-order valence-corrected chi connectivity index (χ1v) is 8.90. The molecule has 4 heterocycles. The van der Waals surface area contributed by atoms with Crippen LogP contribution >= 0.6 is 0 Å². The van der Waals surface area contributed by atoms with Crippen LogP contribution in [0.1, 0.15) is 28.9 Å². The molecule has 0 unspecified atom stereocenters. The quantitative estimate of drug-likeness (QED) is 0.906. The maximum Gasteiger partial charge on any atom is 0.272 e. The second kappa shape index (κ2) is 7.39. The average Bonchev–Trinajstić information content (AvgIpc) is 3.16. The molecule has 2 aromatic rings. The number of hydrogen-bond donors (Lipinski definition) is 1. The van der Waals surface area contributed by atoms with Crippen molar-refractivity contribution in [2.75, 3.05) is 31.6 Å². The van der Waals surface area contributed by atoms with Gasteiger partial charge in [-0.05, 0) is 29.8 Å². The second-order valence-corrected chi connectivity index (χ2v) is 6.54. The highest BCUT2D eigenvalue weighted by Gasteiger charge is 2.40. The number of rotatable bonds is 4. The lowest BCUT2D eigenvalue weighted by Gasteiger charge is -2.37. The zero-order chi connectivity index (χ0) is 17.8. The first-order chi connectivity index (χ1) is 12.7. The zero-order valence-corrected chi connectivity index (χ0v) is 14.6. The minimum Gasteiger partial charge on any atom is -0.380 e. The monoisotopic (exact) mass is 354 g/mol. The molecule has 26 heavy (non-hydrogen) atoms. The number of ether oxygens (including phenoxy) is 2. The van der Waals surface area contributed by atoms with Crippen LogP contribution in [0.3, 0.4) is 0 Å². The third-order valence-corrected chi connectivity index (χ3v) is 4.85. The van der Waals surface area contributed by atoms with E-state index in [-0.39, 0.29) is 5.91 Å². The number of aromatic nitrogens is 2. The highest BCUT2D eigenvalue weighted by Crippen LogP contribution is 2.31. The van der Waals surface area contributed by atoms with Crippen molar-refractivity contribution in [3.63, 3.8) is 0 Å². The number of nitrogens with zero attached hydrogens (tertiary/aromatic N) is 3. The largest absolute Gasteiger partial charge is 0.380 e. The van der Waals surface area contributed by atoms with Crippen LogP contribution in [0.2, 0.25) is 0 Å². The van der Waals surface area contributed by atoms with Gasteiger partial charge in [0, 0.05) is 44.9 Å². The Morgan fingerprint density at radius 1 is 1.12 bits per heavy atom. The van der Waals surface area contributed by atoms with E-state index in [9.17, 15) is 4.79 Å². The lowest BCUT2D eigenvalue weighted by molar-refractivity contribution is -0.181. The number of likely N-dealkylation sites (tertiary alicyclic amines) is 1. The van der Waals surface area contributed by atoms with Gasteiger partial charge in [-0.15, -0.1) is 0 Å². The Labute approximate surface area is 152 Å².